The van der Waals surface area contributed by atoms with Gasteiger partial charge in [-0.3, -0.25) is 9.59 Å². The summed E-state index contributed by atoms with van der Waals surface area (Å²) in [6, 6.07) is 0. The maximum Gasteiger partial charge on any atom is 0.232 e. The molecule has 6 nitrogen and oxygen atoms in total. The van der Waals surface area contributed by atoms with Gasteiger partial charge in [-0.2, -0.15) is 0 Å². The van der Waals surface area contributed by atoms with Gasteiger partial charge in [0.2, 0.25) is 15.9 Å². The molecule has 2 aliphatic carbocycles. The van der Waals surface area contributed by atoms with E-state index in [1.807, 2.05) is 13.8 Å². The molecule has 2 saturated carbocycles. The predicted octanol–water partition coefficient (Wildman–Crippen LogP) is -0.213. The van der Waals surface area contributed by atoms with Crippen LogP contribution >= 0.6 is 0 Å². The van der Waals surface area contributed by atoms with Crippen LogP contribution in [0.25, 0.3) is 0 Å². The molecule has 2 bridgehead atoms. The van der Waals surface area contributed by atoms with Crippen molar-refractivity contribution < 1.29 is 18.0 Å². The molecule has 2 aliphatic rings. The van der Waals surface area contributed by atoms with Crippen molar-refractivity contribution in [3.05, 3.63) is 0 Å². The van der Waals surface area contributed by atoms with E-state index in [2.05, 4.69) is 4.72 Å². The predicted molar refractivity (Wildman–Crippen MR) is 69.5 cm³/mol. The minimum atomic E-state index is -3.68. The van der Waals surface area contributed by atoms with Gasteiger partial charge in [0.1, 0.15) is 5.78 Å². The number of primary amides is 1. The van der Waals surface area contributed by atoms with Crippen LogP contribution in [0.2, 0.25) is 0 Å². The highest BCUT2D eigenvalue weighted by Gasteiger charge is 2.65. The van der Waals surface area contributed by atoms with E-state index >= 15 is 0 Å². The molecule has 0 spiro atoms. The average molecular weight is 288 g/mol. The Morgan fingerprint density at radius 1 is 1.47 bits per heavy atom. The quantitative estimate of drug-likeness (QED) is 0.729. The van der Waals surface area contributed by atoms with E-state index in [9.17, 15) is 18.0 Å². The summed E-state index contributed by atoms with van der Waals surface area (Å²) < 4.78 is 26.2. The molecule has 2 fully saturated rings. The van der Waals surface area contributed by atoms with Crippen molar-refractivity contribution in [3.63, 3.8) is 0 Å². The molecule has 0 aliphatic heterocycles. The van der Waals surface area contributed by atoms with Crippen molar-refractivity contribution in [1.82, 2.24) is 4.72 Å². The number of nitrogens with two attached hydrogens (primary N) is 1. The normalized spacial score (nSPS) is 32.7. The van der Waals surface area contributed by atoms with Crippen molar-refractivity contribution in [2.75, 3.05) is 12.3 Å². The number of nitrogens with one attached hydrogen (secondary N) is 1. The highest BCUT2D eigenvalue weighted by Crippen LogP contribution is 2.64. The Balaban J connectivity index is 2.22. The number of fused-ring (bicyclic) bond motifs is 2. The van der Waals surface area contributed by atoms with E-state index in [1.54, 1.807) is 0 Å². The molecular weight excluding hydrogens is 268 g/mol. The molecule has 0 aromatic heterocycles. The van der Waals surface area contributed by atoms with Gasteiger partial charge in [0.15, 0.2) is 0 Å². The number of ketones is 1. The first kappa shape index (κ1) is 14.5. The third-order valence-electron chi connectivity index (χ3n) is 5.04. The van der Waals surface area contributed by atoms with E-state index in [4.69, 9.17) is 5.73 Å². The number of sulfonamides is 1. The first-order chi connectivity index (χ1) is 8.61. The molecular formula is C12H20N2O4S. The Labute approximate surface area is 113 Å². The van der Waals surface area contributed by atoms with Gasteiger partial charge in [-0.1, -0.05) is 13.8 Å². The zero-order valence-electron chi connectivity index (χ0n) is 11.2. The van der Waals surface area contributed by atoms with Gasteiger partial charge in [0.25, 0.3) is 0 Å². The van der Waals surface area contributed by atoms with Crippen LogP contribution in [0.4, 0.5) is 0 Å². The van der Waals surface area contributed by atoms with Crippen LogP contribution in [0.15, 0.2) is 0 Å². The monoisotopic (exact) mass is 288 g/mol. The summed E-state index contributed by atoms with van der Waals surface area (Å²) in [4.78, 5) is 22.9. The Kier molecular flexibility index (Phi) is 3.25. The second-order valence-corrected chi connectivity index (χ2v) is 8.02. The number of hydrogen-bond donors (Lipinski definition) is 2. The first-order valence-electron chi connectivity index (χ1n) is 6.40. The summed E-state index contributed by atoms with van der Waals surface area (Å²) in [5.74, 6) is -0.665. The molecule has 0 aromatic rings. The van der Waals surface area contributed by atoms with Crippen molar-refractivity contribution in [3.8, 4) is 0 Å². The van der Waals surface area contributed by atoms with Crippen LogP contribution in [0.3, 0.4) is 0 Å². The maximum atomic E-state index is 12.2. The molecule has 1 amide bonds. The minimum absolute atomic E-state index is 0.0400. The molecule has 2 atom stereocenters. The summed E-state index contributed by atoms with van der Waals surface area (Å²) in [5, 5.41) is 0. The summed E-state index contributed by atoms with van der Waals surface area (Å²) >= 11 is 0. The molecule has 0 unspecified atom stereocenters. The SMILES string of the molecule is CC1(C)[C@@H]2CC[C@]1(CS(=O)(=O)NCC(N)=O)C(=O)C2. The van der Waals surface area contributed by atoms with Crippen LogP contribution in [-0.2, 0) is 19.6 Å². The fraction of sp³-hybridized carbons (Fsp3) is 0.833. The van der Waals surface area contributed by atoms with Gasteiger partial charge in [0, 0.05) is 11.8 Å². The second-order valence-electron chi connectivity index (χ2n) is 6.21. The second kappa shape index (κ2) is 4.28. The van der Waals surface area contributed by atoms with Gasteiger partial charge in [0.05, 0.1) is 12.3 Å². The molecule has 3 N–H and O–H groups in total. The lowest BCUT2D eigenvalue weighted by Gasteiger charge is -2.36. The smallest absolute Gasteiger partial charge is 0.232 e. The molecule has 108 valence electrons. The van der Waals surface area contributed by atoms with Crippen LogP contribution in [0.1, 0.15) is 33.1 Å². The minimum Gasteiger partial charge on any atom is -0.369 e. The molecule has 0 aromatic carbocycles. The van der Waals surface area contributed by atoms with Crippen molar-refractivity contribution in [1.29, 1.82) is 0 Å². The zero-order chi connectivity index (χ0) is 14.5. The van der Waals surface area contributed by atoms with Gasteiger partial charge < -0.3 is 5.73 Å². The van der Waals surface area contributed by atoms with Crippen molar-refractivity contribution >= 4 is 21.7 Å². The fourth-order valence-electron chi connectivity index (χ4n) is 3.66. The first-order valence-corrected chi connectivity index (χ1v) is 8.05. The van der Waals surface area contributed by atoms with E-state index in [0.717, 1.165) is 6.42 Å². The number of carbonyl (C=O) groups is 2. The topological polar surface area (TPSA) is 106 Å². The summed E-state index contributed by atoms with van der Waals surface area (Å²) in [7, 11) is -3.68. The average Bonchev–Trinajstić information content (AvgIpc) is 2.60. The molecule has 7 heteroatoms. The highest BCUT2D eigenvalue weighted by molar-refractivity contribution is 7.89. The standard InChI is InChI=1S/C12H20N2O4S/c1-11(2)8-3-4-12(11,9(15)5-8)7-19(17,18)14-6-10(13)16/h8,14H,3-7H2,1-2H3,(H2,13,16)/t8-,12+/m1/s1. The lowest BCUT2D eigenvalue weighted by Crippen LogP contribution is -2.46. The third kappa shape index (κ3) is 2.18. The van der Waals surface area contributed by atoms with Crippen molar-refractivity contribution in [2.45, 2.75) is 33.1 Å². The van der Waals surface area contributed by atoms with E-state index in [1.165, 1.54) is 0 Å². The fourth-order valence-corrected chi connectivity index (χ4v) is 5.46. The number of amides is 1. The Bertz CT molecular complexity index is 526. The summed E-state index contributed by atoms with van der Waals surface area (Å²) in [6.07, 6.45) is 1.98. The highest BCUT2D eigenvalue weighted by atomic mass is 32.2. The largest absolute Gasteiger partial charge is 0.369 e. The van der Waals surface area contributed by atoms with E-state index in [0.29, 0.717) is 12.8 Å². The molecule has 0 saturated heterocycles. The van der Waals surface area contributed by atoms with E-state index in [-0.39, 0.29) is 22.9 Å². The van der Waals surface area contributed by atoms with Crippen LogP contribution < -0.4 is 10.5 Å². The van der Waals surface area contributed by atoms with Gasteiger partial charge in [-0.05, 0) is 24.2 Å². The number of carbonyl (C=O) groups excluding carboxylic acids is 2. The maximum absolute atomic E-state index is 12.2. The molecule has 0 heterocycles. The molecule has 0 radical (unpaired) electrons. The molecule has 2 rings (SSSR count). The summed E-state index contributed by atoms with van der Waals surface area (Å²) in [6.45, 7) is 3.52. The Hall–Kier alpha value is -0.950. The number of hydrogen-bond acceptors (Lipinski definition) is 4. The Morgan fingerprint density at radius 3 is 2.53 bits per heavy atom. The lowest BCUT2D eigenvalue weighted by molar-refractivity contribution is -0.128. The number of Topliss-reactive ketones (excluding diaryl/α,β-unsaturated/α-hetero) is 1. The summed E-state index contributed by atoms with van der Waals surface area (Å²) in [5.41, 5.74) is 3.82. The number of rotatable bonds is 5. The Morgan fingerprint density at radius 2 is 2.11 bits per heavy atom. The zero-order valence-corrected chi connectivity index (χ0v) is 12.0. The lowest BCUT2D eigenvalue weighted by atomic mass is 9.70. The third-order valence-corrected chi connectivity index (χ3v) is 6.50. The van der Waals surface area contributed by atoms with Gasteiger partial charge in [-0.15, -0.1) is 0 Å². The van der Waals surface area contributed by atoms with E-state index < -0.39 is 27.9 Å². The van der Waals surface area contributed by atoms with Gasteiger partial charge >= 0.3 is 0 Å². The van der Waals surface area contributed by atoms with Crippen LogP contribution in [0, 0.1) is 16.7 Å². The van der Waals surface area contributed by atoms with Crippen LogP contribution in [-0.4, -0.2) is 32.4 Å². The molecule has 19 heavy (non-hydrogen) atoms. The van der Waals surface area contributed by atoms with Crippen molar-refractivity contribution in [2.24, 2.45) is 22.5 Å². The van der Waals surface area contributed by atoms with Crippen LogP contribution in [0.5, 0.6) is 0 Å². The van der Waals surface area contributed by atoms with Gasteiger partial charge in [-0.25, -0.2) is 13.1 Å².